The SMILES string of the molecule is CC1(C)CC[C@@]2(C(=O)O)CC[C@@]3(C)C(=CC[C@@H]4[C@@]5(C)CC[C@H](O)C(C)(C)[C@@H]5CC[C@@]43C)[C@H]2C1. The van der Waals surface area contributed by atoms with Crippen LogP contribution in [0, 0.1) is 50.2 Å². The molecular formula is C30H48O3. The fourth-order valence-electron chi connectivity index (χ4n) is 10.6. The Morgan fingerprint density at radius 2 is 1.55 bits per heavy atom. The van der Waals surface area contributed by atoms with Crippen LogP contribution >= 0.6 is 0 Å². The largest absolute Gasteiger partial charge is 0.481 e. The summed E-state index contributed by atoms with van der Waals surface area (Å²) in [6.45, 7) is 16.9. The first-order valence-electron chi connectivity index (χ1n) is 13.8. The van der Waals surface area contributed by atoms with Crippen LogP contribution in [0.25, 0.3) is 0 Å². The van der Waals surface area contributed by atoms with Gasteiger partial charge in [0.05, 0.1) is 11.5 Å². The van der Waals surface area contributed by atoms with Crippen LogP contribution in [-0.4, -0.2) is 22.3 Å². The fourth-order valence-corrected chi connectivity index (χ4v) is 10.6. The third kappa shape index (κ3) is 2.87. The van der Waals surface area contributed by atoms with E-state index in [0.29, 0.717) is 11.8 Å². The number of carbonyl (C=O) groups is 1. The summed E-state index contributed by atoms with van der Waals surface area (Å²) in [6, 6.07) is 0. The molecule has 5 aliphatic rings. The highest BCUT2D eigenvalue weighted by Crippen LogP contribution is 2.75. The van der Waals surface area contributed by atoms with Gasteiger partial charge in [-0.3, -0.25) is 4.79 Å². The molecule has 3 nitrogen and oxygen atoms in total. The predicted octanol–water partition coefficient (Wildman–Crippen LogP) is 7.23. The lowest BCUT2D eigenvalue weighted by Gasteiger charge is -2.71. The van der Waals surface area contributed by atoms with Crippen LogP contribution < -0.4 is 0 Å². The zero-order valence-electron chi connectivity index (χ0n) is 22.3. The van der Waals surface area contributed by atoms with Crippen LogP contribution in [0.3, 0.4) is 0 Å². The Morgan fingerprint density at radius 3 is 2.21 bits per heavy atom. The van der Waals surface area contributed by atoms with Gasteiger partial charge >= 0.3 is 5.97 Å². The normalized spacial score (nSPS) is 52.4. The van der Waals surface area contributed by atoms with Crippen LogP contribution in [0.2, 0.25) is 0 Å². The summed E-state index contributed by atoms with van der Waals surface area (Å²) in [4.78, 5) is 12.8. The molecule has 3 heteroatoms. The highest BCUT2D eigenvalue weighted by molar-refractivity contribution is 5.76. The van der Waals surface area contributed by atoms with E-state index in [9.17, 15) is 15.0 Å². The number of aliphatic hydroxyl groups is 1. The molecule has 0 amide bonds. The van der Waals surface area contributed by atoms with E-state index in [0.717, 1.165) is 51.4 Å². The summed E-state index contributed by atoms with van der Waals surface area (Å²) in [6.07, 6.45) is 12.6. The molecule has 0 radical (unpaired) electrons. The summed E-state index contributed by atoms with van der Waals surface area (Å²) in [5.41, 5.74) is 1.68. The Balaban J connectivity index is 1.60. The van der Waals surface area contributed by atoms with E-state index < -0.39 is 11.4 Å². The number of aliphatic carboxylic acids is 1. The maximum Gasteiger partial charge on any atom is 0.310 e. The van der Waals surface area contributed by atoms with Crippen molar-refractivity contribution in [3.05, 3.63) is 11.6 Å². The van der Waals surface area contributed by atoms with Crippen LogP contribution in [0.1, 0.15) is 113 Å². The van der Waals surface area contributed by atoms with Crippen molar-refractivity contribution < 1.29 is 15.0 Å². The molecule has 5 rings (SSSR count). The van der Waals surface area contributed by atoms with Crippen molar-refractivity contribution in [2.75, 3.05) is 0 Å². The molecule has 0 heterocycles. The van der Waals surface area contributed by atoms with Gasteiger partial charge in [0.15, 0.2) is 0 Å². The summed E-state index contributed by atoms with van der Waals surface area (Å²) in [5.74, 6) is 0.807. The molecule has 0 aromatic carbocycles. The number of aliphatic hydroxyl groups excluding tert-OH is 1. The molecule has 0 saturated heterocycles. The minimum absolute atomic E-state index is 0.0301. The van der Waals surface area contributed by atoms with Crippen LogP contribution in [0.15, 0.2) is 11.6 Å². The van der Waals surface area contributed by atoms with Gasteiger partial charge < -0.3 is 10.2 Å². The molecule has 0 unspecified atom stereocenters. The highest BCUT2D eigenvalue weighted by Gasteiger charge is 2.69. The van der Waals surface area contributed by atoms with E-state index in [2.05, 4.69) is 54.5 Å². The van der Waals surface area contributed by atoms with Crippen LogP contribution in [0.5, 0.6) is 0 Å². The molecule has 0 aromatic heterocycles. The van der Waals surface area contributed by atoms with E-state index in [1.165, 1.54) is 18.4 Å². The summed E-state index contributed by atoms with van der Waals surface area (Å²) < 4.78 is 0. The van der Waals surface area contributed by atoms with Gasteiger partial charge in [-0.1, -0.05) is 60.1 Å². The molecule has 186 valence electrons. The van der Waals surface area contributed by atoms with Gasteiger partial charge in [-0.15, -0.1) is 0 Å². The molecule has 0 aromatic rings. The highest BCUT2D eigenvalue weighted by atomic mass is 16.4. The standard InChI is InChI=1S/C30H48O3/c1-25(2)14-16-30(24(32)33)17-15-28(6)19(20(30)18-25)8-9-22-27(5)12-11-23(31)26(3,4)21(27)10-13-29(22,28)7/h8,20-23,31H,9-18H2,1-7H3,(H,32,33)/t20-,21+,22-,23+,27+,28+,29+,30-/m1/s1. The smallest absolute Gasteiger partial charge is 0.310 e. The van der Waals surface area contributed by atoms with E-state index in [-0.39, 0.29) is 39.1 Å². The van der Waals surface area contributed by atoms with Gasteiger partial charge in [0, 0.05) is 0 Å². The van der Waals surface area contributed by atoms with Crippen molar-refractivity contribution in [2.24, 2.45) is 50.2 Å². The Labute approximate surface area is 201 Å². The van der Waals surface area contributed by atoms with Crippen molar-refractivity contribution in [2.45, 2.75) is 119 Å². The first-order chi connectivity index (χ1) is 15.1. The molecule has 0 bridgehead atoms. The van der Waals surface area contributed by atoms with Crippen molar-refractivity contribution in [3.8, 4) is 0 Å². The Hall–Kier alpha value is -0.830. The van der Waals surface area contributed by atoms with Crippen molar-refractivity contribution in [3.63, 3.8) is 0 Å². The molecule has 4 fully saturated rings. The second kappa shape index (κ2) is 6.89. The maximum atomic E-state index is 12.8. The van der Waals surface area contributed by atoms with Gasteiger partial charge in [-0.2, -0.15) is 0 Å². The number of fused-ring (bicyclic) bond motifs is 7. The van der Waals surface area contributed by atoms with Gasteiger partial charge in [0.2, 0.25) is 0 Å². The number of hydrogen-bond donors (Lipinski definition) is 2. The number of carboxylic acid groups (broad SMARTS) is 1. The topological polar surface area (TPSA) is 57.5 Å². The van der Waals surface area contributed by atoms with Gasteiger partial charge in [0.1, 0.15) is 0 Å². The molecule has 8 atom stereocenters. The quantitative estimate of drug-likeness (QED) is 0.409. The Bertz CT molecular complexity index is 885. The Morgan fingerprint density at radius 1 is 0.879 bits per heavy atom. The maximum absolute atomic E-state index is 12.8. The van der Waals surface area contributed by atoms with Crippen molar-refractivity contribution >= 4 is 5.97 Å². The number of allylic oxidation sites excluding steroid dienone is 2. The molecule has 0 spiro atoms. The third-order valence-electron chi connectivity index (χ3n) is 13.0. The number of rotatable bonds is 1. The third-order valence-corrected chi connectivity index (χ3v) is 13.0. The lowest BCUT2D eigenvalue weighted by molar-refractivity contribution is -0.205. The molecular weight excluding hydrogens is 408 g/mol. The van der Waals surface area contributed by atoms with Gasteiger partial charge in [0.25, 0.3) is 0 Å². The van der Waals surface area contributed by atoms with E-state index in [1.807, 2.05) is 0 Å². The fraction of sp³-hybridized carbons (Fsp3) is 0.900. The average molecular weight is 457 g/mol. The molecule has 5 aliphatic carbocycles. The lowest BCUT2D eigenvalue weighted by atomic mass is 9.33. The zero-order valence-corrected chi connectivity index (χ0v) is 22.3. The molecule has 0 aliphatic heterocycles. The molecule has 2 N–H and O–H groups in total. The predicted molar refractivity (Wildman–Crippen MR) is 133 cm³/mol. The average Bonchev–Trinajstić information content (AvgIpc) is 2.71. The monoisotopic (exact) mass is 456 g/mol. The van der Waals surface area contributed by atoms with Crippen molar-refractivity contribution in [1.82, 2.24) is 0 Å². The number of hydrogen-bond acceptors (Lipinski definition) is 2. The van der Waals surface area contributed by atoms with Gasteiger partial charge in [-0.25, -0.2) is 0 Å². The second-order valence-electron chi connectivity index (χ2n) is 15.1. The number of carboxylic acids is 1. The van der Waals surface area contributed by atoms with Gasteiger partial charge in [-0.05, 0) is 109 Å². The van der Waals surface area contributed by atoms with E-state index in [1.54, 1.807) is 0 Å². The summed E-state index contributed by atoms with van der Waals surface area (Å²) in [5, 5.41) is 21.4. The molecule has 33 heavy (non-hydrogen) atoms. The first-order valence-corrected chi connectivity index (χ1v) is 13.8. The minimum Gasteiger partial charge on any atom is -0.481 e. The lowest BCUT2D eigenvalue weighted by Crippen LogP contribution is -2.65. The molecule has 4 saturated carbocycles. The zero-order chi connectivity index (χ0) is 24.2. The van der Waals surface area contributed by atoms with Crippen LogP contribution in [0.4, 0.5) is 0 Å². The first kappa shape index (κ1) is 23.9. The second-order valence-corrected chi connectivity index (χ2v) is 15.1. The van der Waals surface area contributed by atoms with Crippen LogP contribution in [-0.2, 0) is 4.79 Å². The van der Waals surface area contributed by atoms with E-state index >= 15 is 0 Å². The van der Waals surface area contributed by atoms with Crippen molar-refractivity contribution in [1.29, 1.82) is 0 Å². The minimum atomic E-state index is -0.553. The summed E-state index contributed by atoms with van der Waals surface area (Å²) in [7, 11) is 0. The summed E-state index contributed by atoms with van der Waals surface area (Å²) >= 11 is 0. The Kier molecular flexibility index (Phi) is 4.99. The van der Waals surface area contributed by atoms with E-state index in [4.69, 9.17) is 0 Å².